The van der Waals surface area contributed by atoms with Gasteiger partial charge >= 0.3 is 0 Å². The average molecular weight is 405 g/mol. The monoisotopic (exact) mass is 405 g/mol. The highest BCUT2D eigenvalue weighted by Crippen LogP contribution is 2.42. The van der Waals surface area contributed by atoms with Gasteiger partial charge in [-0.15, -0.1) is 11.3 Å². The Labute approximate surface area is 172 Å². The third-order valence-corrected chi connectivity index (χ3v) is 5.96. The van der Waals surface area contributed by atoms with Crippen LogP contribution in [-0.4, -0.2) is 29.3 Å². The first-order valence-corrected chi connectivity index (χ1v) is 10.3. The molecular formula is C22H19N3O3S. The number of rotatable bonds is 6. The van der Waals surface area contributed by atoms with E-state index in [-0.39, 0.29) is 0 Å². The highest BCUT2D eigenvalue weighted by atomic mass is 32.1. The minimum Gasteiger partial charge on any atom is -0.497 e. The Balaban J connectivity index is 1.40. The van der Waals surface area contributed by atoms with Gasteiger partial charge in [-0.05, 0) is 25.0 Å². The summed E-state index contributed by atoms with van der Waals surface area (Å²) in [6.45, 7) is 0. The van der Waals surface area contributed by atoms with Gasteiger partial charge in [-0.1, -0.05) is 29.4 Å². The summed E-state index contributed by atoms with van der Waals surface area (Å²) in [7, 11) is 3.21. The molecule has 2 aromatic heterocycles. The smallest absolute Gasteiger partial charge is 0.262 e. The van der Waals surface area contributed by atoms with Crippen molar-refractivity contribution in [1.29, 1.82) is 0 Å². The summed E-state index contributed by atoms with van der Waals surface area (Å²) < 4.78 is 16.1. The zero-order valence-corrected chi connectivity index (χ0v) is 16.9. The van der Waals surface area contributed by atoms with Crippen molar-refractivity contribution < 1.29 is 14.0 Å². The largest absolute Gasteiger partial charge is 0.497 e. The van der Waals surface area contributed by atoms with Gasteiger partial charge in [0, 0.05) is 28.5 Å². The van der Waals surface area contributed by atoms with E-state index in [0.717, 1.165) is 22.4 Å². The number of methoxy groups -OCH3 is 2. The lowest BCUT2D eigenvalue weighted by Crippen LogP contribution is -1.90. The normalized spacial score (nSPS) is 13.4. The van der Waals surface area contributed by atoms with Crippen molar-refractivity contribution in [3.8, 4) is 45.6 Å². The molecule has 0 saturated heterocycles. The summed E-state index contributed by atoms with van der Waals surface area (Å²) >= 11 is 1.75. The van der Waals surface area contributed by atoms with Crippen molar-refractivity contribution in [1.82, 2.24) is 15.1 Å². The van der Waals surface area contributed by atoms with Crippen molar-refractivity contribution in [3.63, 3.8) is 0 Å². The summed E-state index contributed by atoms with van der Waals surface area (Å²) in [6.07, 6.45) is 2.54. The van der Waals surface area contributed by atoms with Gasteiger partial charge in [0.2, 0.25) is 5.82 Å². The summed E-state index contributed by atoms with van der Waals surface area (Å²) in [5, 5.41) is 7.51. The quantitative estimate of drug-likeness (QED) is 0.426. The maximum absolute atomic E-state index is 5.48. The molecule has 0 radical (unpaired) electrons. The molecule has 0 unspecified atom stereocenters. The lowest BCUT2D eigenvalue weighted by Gasteiger charge is -2.06. The zero-order chi connectivity index (χ0) is 19.8. The molecule has 5 rings (SSSR count). The zero-order valence-electron chi connectivity index (χ0n) is 16.1. The second-order valence-electron chi connectivity index (χ2n) is 6.91. The molecule has 0 aliphatic heterocycles. The summed E-state index contributed by atoms with van der Waals surface area (Å²) in [5.41, 5.74) is 3.73. The Hall–Kier alpha value is -3.19. The van der Waals surface area contributed by atoms with Crippen LogP contribution in [0.1, 0.15) is 23.8 Å². The maximum Gasteiger partial charge on any atom is 0.262 e. The van der Waals surface area contributed by atoms with Crippen LogP contribution in [-0.2, 0) is 0 Å². The fourth-order valence-electron chi connectivity index (χ4n) is 3.15. The number of nitrogens with zero attached hydrogens (tertiary/aromatic N) is 3. The number of hydrogen-bond acceptors (Lipinski definition) is 7. The molecule has 0 bridgehead atoms. The first-order valence-electron chi connectivity index (χ1n) is 9.37. The number of benzene rings is 2. The summed E-state index contributed by atoms with van der Waals surface area (Å²) in [5.74, 6) is 2.93. The van der Waals surface area contributed by atoms with Crippen LogP contribution in [0.15, 0.2) is 52.4 Å². The lowest BCUT2D eigenvalue weighted by atomic mass is 10.1. The highest BCUT2D eigenvalue weighted by Gasteiger charge is 2.26. The predicted octanol–water partition coefficient (Wildman–Crippen LogP) is 5.42. The second kappa shape index (κ2) is 7.33. The first-order chi connectivity index (χ1) is 14.2. The number of hydrogen-bond donors (Lipinski definition) is 0. The highest BCUT2D eigenvalue weighted by molar-refractivity contribution is 7.10. The number of ether oxygens (including phenoxy) is 2. The Morgan fingerprint density at radius 2 is 1.76 bits per heavy atom. The Morgan fingerprint density at radius 1 is 0.966 bits per heavy atom. The van der Waals surface area contributed by atoms with Crippen LogP contribution in [0.5, 0.6) is 11.5 Å². The second-order valence-corrected chi connectivity index (χ2v) is 7.80. The maximum atomic E-state index is 5.48. The molecule has 1 aliphatic carbocycles. The fourth-order valence-corrected chi connectivity index (χ4v) is 4.15. The summed E-state index contributed by atoms with van der Waals surface area (Å²) in [6, 6.07) is 13.5. The van der Waals surface area contributed by atoms with Crippen molar-refractivity contribution in [2.24, 2.45) is 0 Å². The van der Waals surface area contributed by atoms with E-state index in [2.05, 4.69) is 15.5 Å². The van der Waals surface area contributed by atoms with Gasteiger partial charge < -0.3 is 14.0 Å². The van der Waals surface area contributed by atoms with Crippen molar-refractivity contribution in [2.75, 3.05) is 14.2 Å². The molecular weight excluding hydrogens is 386 g/mol. The van der Waals surface area contributed by atoms with E-state index in [1.165, 1.54) is 17.8 Å². The van der Waals surface area contributed by atoms with Gasteiger partial charge in [-0.2, -0.15) is 4.98 Å². The first kappa shape index (κ1) is 17.9. The third-order valence-electron chi connectivity index (χ3n) is 4.95. The topological polar surface area (TPSA) is 70.3 Å². The van der Waals surface area contributed by atoms with Crippen LogP contribution < -0.4 is 9.47 Å². The van der Waals surface area contributed by atoms with Crippen molar-refractivity contribution >= 4 is 11.3 Å². The van der Waals surface area contributed by atoms with E-state index in [0.29, 0.717) is 29.1 Å². The molecule has 0 atom stereocenters. The number of thiazole rings is 1. The van der Waals surface area contributed by atoms with Crippen LogP contribution in [0.25, 0.3) is 34.1 Å². The van der Waals surface area contributed by atoms with Crippen molar-refractivity contribution in [2.45, 2.75) is 18.8 Å². The van der Waals surface area contributed by atoms with Gasteiger partial charge in [0.1, 0.15) is 11.5 Å². The van der Waals surface area contributed by atoms with E-state index in [4.69, 9.17) is 19.0 Å². The standard InChI is InChI=1S/C22H19N3O3S/c1-26-16-9-10-17(19(11-16)27-2)21-24-20(25-28-21)14-5-3-13(4-6-14)18-12-29-22(23-18)15-7-8-15/h3-6,9-12,15H,7-8H2,1-2H3. The molecule has 2 aromatic carbocycles. The van der Waals surface area contributed by atoms with Gasteiger partial charge in [-0.25, -0.2) is 4.98 Å². The molecule has 146 valence electrons. The fraction of sp³-hybridized carbons (Fsp3) is 0.227. The Kier molecular flexibility index (Phi) is 4.52. The summed E-state index contributed by atoms with van der Waals surface area (Å²) in [4.78, 5) is 9.31. The minimum absolute atomic E-state index is 0.400. The molecule has 0 amide bonds. The van der Waals surface area contributed by atoms with E-state index < -0.39 is 0 Å². The Bertz CT molecular complexity index is 1150. The van der Waals surface area contributed by atoms with Gasteiger partial charge in [0.05, 0.1) is 30.5 Å². The van der Waals surface area contributed by atoms with Gasteiger partial charge in [0.25, 0.3) is 5.89 Å². The molecule has 0 spiro atoms. The van der Waals surface area contributed by atoms with Crippen LogP contribution in [0.2, 0.25) is 0 Å². The van der Waals surface area contributed by atoms with E-state index in [1.807, 2.05) is 36.4 Å². The van der Waals surface area contributed by atoms with Crippen molar-refractivity contribution in [3.05, 3.63) is 52.9 Å². The van der Waals surface area contributed by atoms with Crippen LogP contribution in [0.3, 0.4) is 0 Å². The molecule has 6 nitrogen and oxygen atoms in total. The average Bonchev–Trinajstić information content (AvgIpc) is 3.30. The van der Waals surface area contributed by atoms with E-state index in [1.54, 1.807) is 31.6 Å². The molecule has 29 heavy (non-hydrogen) atoms. The minimum atomic E-state index is 0.400. The van der Waals surface area contributed by atoms with Crippen LogP contribution >= 0.6 is 11.3 Å². The predicted molar refractivity (Wildman–Crippen MR) is 111 cm³/mol. The molecule has 0 N–H and O–H groups in total. The Morgan fingerprint density at radius 3 is 2.48 bits per heavy atom. The van der Waals surface area contributed by atoms with E-state index >= 15 is 0 Å². The van der Waals surface area contributed by atoms with Crippen LogP contribution in [0, 0.1) is 0 Å². The molecule has 7 heteroatoms. The number of aromatic nitrogens is 3. The molecule has 1 aliphatic rings. The third kappa shape index (κ3) is 3.49. The molecule has 4 aromatic rings. The SMILES string of the molecule is COc1ccc(-c2nc(-c3ccc(-c4csc(C5CC5)n4)cc3)no2)c(OC)c1. The molecule has 1 fully saturated rings. The van der Waals surface area contributed by atoms with Crippen LogP contribution in [0.4, 0.5) is 0 Å². The van der Waals surface area contributed by atoms with E-state index in [9.17, 15) is 0 Å². The molecule has 2 heterocycles. The lowest BCUT2D eigenvalue weighted by molar-refractivity contribution is 0.391. The molecule has 1 saturated carbocycles. The van der Waals surface area contributed by atoms with Gasteiger partial charge in [-0.3, -0.25) is 0 Å². The van der Waals surface area contributed by atoms with Gasteiger partial charge in [0.15, 0.2) is 0 Å².